The number of amides is 2. The summed E-state index contributed by atoms with van der Waals surface area (Å²) < 4.78 is 1.86. The molecular weight excluding hydrogens is 358 g/mol. The third-order valence-electron chi connectivity index (χ3n) is 4.09. The fourth-order valence-electron chi connectivity index (χ4n) is 2.55. The average molecular weight is 380 g/mol. The highest BCUT2D eigenvalue weighted by molar-refractivity contribution is 7.99. The molecule has 0 radical (unpaired) electrons. The van der Waals surface area contributed by atoms with Crippen LogP contribution in [0.5, 0.6) is 0 Å². The molecule has 1 aliphatic carbocycles. The Morgan fingerprint density at radius 2 is 2.28 bits per heavy atom. The quantitative estimate of drug-likeness (QED) is 0.648. The number of carbonyl (C=O) groups excluding carboxylic acids is 2. The van der Waals surface area contributed by atoms with E-state index in [9.17, 15) is 9.59 Å². The lowest BCUT2D eigenvalue weighted by atomic mass is 10.2. The molecule has 134 valence electrons. The molecule has 2 aromatic heterocycles. The summed E-state index contributed by atoms with van der Waals surface area (Å²) in [7, 11) is 0. The third-order valence-corrected chi connectivity index (χ3v) is 5.92. The Labute approximate surface area is 154 Å². The number of primary amides is 1. The molecule has 2 heterocycles. The summed E-state index contributed by atoms with van der Waals surface area (Å²) in [5.41, 5.74) is 5.28. The second-order valence-electron chi connectivity index (χ2n) is 6.13. The molecule has 1 aliphatic rings. The van der Waals surface area contributed by atoms with Crippen LogP contribution in [0.4, 0.5) is 0 Å². The maximum atomic E-state index is 12.1. The molecule has 25 heavy (non-hydrogen) atoms. The van der Waals surface area contributed by atoms with Gasteiger partial charge in [0.2, 0.25) is 11.8 Å². The zero-order valence-corrected chi connectivity index (χ0v) is 15.6. The summed E-state index contributed by atoms with van der Waals surface area (Å²) in [6.45, 7) is 2.45. The average Bonchev–Trinajstić information content (AvgIpc) is 3.14. The molecule has 0 bridgehead atoms. The van der Waals surface area contributed by atoms with E-state index >= 15 is 0 Å². The maximum absolute atomic E-state index is 12.1. The van der Waals surface area contributed by atoms with E-state index in [2.05, 4.69) is 15.5 Å². The molecule has 7 nitrogen and oxygen atoms in total. The molecule has 0 aromatic carbocycles. The lowest BCUT2D eigenvalue weighted by molar-refractivity contribution is -0.119. The van der Waals surface area contributed by atoms with Gasteiger partial charge in [-0.1, -0.05) is 17.8 Å². The van der Waals surface area contributed by atoms with Crippen LogP contribution in [-0.2, 0) is 16.1 Å². The van der Waals surface area contributed by atoms with E-state index in [4.69, 9.17) is 5.73 Å². The summed E-state index contributed by atoms with van der Waals surface area (Å²) in [4.78, 5) is 24.2. The Balaban J connectivity index is 1.67. The molecule has 0 saturated heterocycles. The maximum Gasteiger partial charge on any atom is 0.230 e. The van der Waals surface area contributed by atoms with Crippen LogP contribution in [0.3, 0.4) is 0 Å². The van der Waals surface area contributed by atoms with Crippen molar-refractivity contribution >= 4 is 34.9 Å². The number of rotatable bonds is 9. The Hall–Kier alpha value is -1.87. The Kier molecular flexibility index (Phi) is 5.74. The number of nitrogens with one attached hydrogen (secondary N) is 1. The normalized spacial score (nSPS) is 15.1. The molecule has 0 spiro atoms. The summed E-state index contributed by atoms with van der Waals surface area (Å²) in [5.74, 6) is 1.21. The van der Waals surface area contributed by atoms with Crippen molar-refractivity contribution in [3.8, 4) is 10.7 Å². The second-order valence-corrected chi connectivity index (χ2v) is 8.02. The number of nitrogens with two attached hydrogens (primary N) is 1. The van der Waals surface area contributed by atoms with Gasteiger partial charge in [-0.3, -0.25) is 9.59 Å². The molecule has 1 fully saturated rings. The lowest BCUT2D eigenvalue weighted by Crippen LogP contribution is -2.35. The van der Waals surface area contributed by atoms with Crippen LogP contribution in [0.15, 0.2) is 22.7 Å². The van der Waals surface area contributed by atoms with Crippen molar-refractivity contribution in [2.45, 2.75) is 43.9 Å². The van der Waals surface area contributed by atoms with Crippen LogP contribution in [0.1, 0.15) is 26.2 Å². The number of thioether (sulfide) groups is 1. The summed E-state index contributed by atoms with van der Waals surface area (Å²) in [6.07, 6.45) is 2.59. The molecule has 3 N–H and O–H groups in total. The minimum Gasteiger partial charge on any atom is -0.370 e. The number of thiophene rings is 1. The first-order chi connectivity index (χ1) is 12.0. The monoisotopic (exact) mass is 379 g/mol. The predicted molar refractivity (Wildman–Crippen MR) is 98.2 cm³/mol. The van der Waals surface area contributed by atoms with Crippen molar-refractivity contribution in [1.82, 2.24) is 20.1 Å². The molecule has 3 rings (SSSR count). The first kappa shape index (κ1) is 17.9. The summed E-state index contributed by atoms with van der Waals surface area (Å²) in [6, 6.07) is 4.11. The number of hydrogen-bond donors (Lipinski definition) is 2. The van der Waals surface area contributed by atoms with E-state index in [0.717, 1.165) is 4.88 Å². The van der Waals surface area contributed by atoms with Crippen LogP contribution in [-0.4, -0.2) is 38.4 Å². The molecule has 2 amide bonds. The van der Waals surface area contributed by atoms with E-state index < -0.39 is 0 Å². The highest BCUT2D eigenvalue weighted by Gasteiger charge is 2.29. The van der Waals surface area contributed by atoms with Gasteiger partial charge in [-0.05, 0) is 37.1 Å². The third kappa shape index (κ3) is 4.82. The zero-order valence-electron chi connectivity index (χ0n) is 14.0. The van der Waals surface area contributed by atoms with E-state index in [0.29, 0.717) is 23.4 Å². The van der Waals surface area contributed by atoms with Crippen LogP contribution >= 0.6 is 23.1 Å². The van der Waals surface area contributed by atoms with Crippen LogP contribution < -0.4 is 11.1 Å². The van der Waals surface area contributed by atoms with Crippen molar-refractivity contribution in [3.05, 3.63) is 17.5 Å². The van der Waals surface area contributed by atoms with Crippen LogP contribution in [0.25, 0.3) is 10.7 Å². The predicted octanol–water partition coefficient (Wildman–Crippen LogP) is 1.89. The van der Waals surface area contributed by atoms with E-state index in [1.165, 1.54) is 24.6 Å². The SMILES string of the molecule is CC(NC(=O)CSc1nnc(-c2cccs2)n1CCC(N)=O)C1CC1. The van der Waals surface area contributed by atoms with E-state index in [1.54, 1.807) is 11.3 Å². The van der Waals surface area contributed by atoms with Gasteiger partial charge < -0.3 is 15.6 Å². The van der Waals surface area contributed by atoms with Gasteiger partial charge in [0.25, 0.3) is 0 Å². The highest BCUT2D eigenvalue weighted by atomic mass is 32.2. The Bertz CT molecular complexity index is 740. The number of nitrogens with zero attached hydrogens (tertiary/aromatic N) is 3. The van der Waals surface area contributed by atoms with Crippen LogP contribution in [0, 0.1) is 5.92 Å². The Morgan fingerprint density at radius 1 is 1.48 bits per heavy atom. The van der Waals surface area contributed by atoms with Crippen molar-refractivity contribution in [3.63, 3.8) is 0 Å². The number of carbonyl (C=O) groups is 2. The van der Waals surface area contributed by atoms with Gasteiger partial charge in [0.15, 0.2) is 11.0 Å². The molecule has 1 atom stereocenters. The summed E-state index contributed by atoms with van der Waals surface area (Å²) in [5, 5.41) is 14.0. The molecule has 0 aliphatic heterocycles. The first-order valence-corrected chi connectivity index (χ1v) is 10.1. The second kappa shape index (κ2) is 8.01. The van der Waals surface area contributed by atoms with E-state index in [-0.39, 0.29) is 30.0 Å². The molecule has 9 heteroatoms. The van der Waals surface area contributed by atoms with Gasteiger partial charge in [-0.2, -0.15) is 0 Å². The van der Waals surface area contributed by atoms with E-state index in [1.807, 2.05) is 29.0 Å². The van der Waals surface area contributed by atoms with Gasteiger partial charge in [0, 0.05) is 19.0 Å². The zero-order chi connectivity index (χ0) is 17.8. The van der Waals surface area contributed by atoms with Gasteiger partial charge in [-0.25, -0.2) is 0 Å². The Morgan fingerprint density at radius 3 is 2.92 bits per heavy atom. The fraction of sp³-hybridized carbons (Fsp3) is 0.500. The van der Waals surface area contributed by atoms with Crippen LogP contribution in [0.2, 0.25) is 0 Å². The molecule has 1 saturated carbocycles. The summed E-state index contributed by atoms with van der Waals surface area (Å²) >= 11 is 2.88. The lowest BCUT2D eigenvalue weighted by Gasteiger charge is -2.12. The van der Waals surface area contributed by atoms with Crippen molar-refractivity contribution < 1.29 is 9.59 Å². The minimum absolute atomic E-state index is 0.00785. The number of aromatic nitrogens is 3. The molecule has 2 aromatic rings. The van der Waals surface area contributed by atoms with Crippen molar-refractivity contribution in [1.29, 1.82) is 0 Å². The number of hydrogen-bond acceptors (Lipinski definition) is 6. The van der Waals surface area contributed by atoms with Gasteiger partial charge >= 0.3 is 0 Å². The topological polar surface area (TPSA) is 103 Å². The van der Waals surface area contributed by atoms with Gasteiger partial charge in [-0.15, -0.1) is 21.5 Å². The highest BCUT2D eigenvalue weighted by Crippen LogP contribution is 2.32. The smallest absolute Gasteiger partial charge is 0.230 e. The van der Waals surface area contributed by atoms with Crippen molar-refractivity contribution in [2.24, 2.45) is 11.7 Å². The first-order valence-electron chi connectivity index (χ1n) is 8.22. The molecule has 1 unspecified atom stereocenters. The van der Waals surface area contributed by atoms with Gasteiger partial charge in [0.1, 0.15) is 0 Å². The minimum atomic E-state index is -0.377. The standard InChI is InChI=1S/C16H21N5O2S2/c1-10(11-4-5-11)18-14(23)9-25-16-20-19-15(12-3-2-8-24-12)21(16)7-6-13(17)22/h2-3,8,10-11H,4-7,9H2,1H3,(H2,17,22)(H,18,23). The fourth-order valence-corrected chi connectivity index (χ4v) is 4.04. The molecular formula is C16H21N5O2S2. The van der Waals surface area contributed by atoms with Gasteiger partial charge in [0.05, 0.1) is 10.6 Å². The van der Waals surface area contributed by atoms with Crippen molar-refractivity contribution in [2.75, 3.05) is 5.75 Å². The largest absolute Gasteiger partial charge is 0.370 e.